The lowest BCUT2D eigenvalue weighted by Crippen LogP contribution is -2.71. The number of rotatable bonds is 3. The zero-order chi connectivity index (χ0) is 25.5. The fraction of sp³-hybridized carbons (Fsp3) is 0.458. The van der Waals surface area contributed by atoms with Gasteiger partial charge in [0.15, 0.2) is 5.60 Å². The normalized spacial score (nSPS) is 30.8. The van der Waals surface area contributed by atoms with Crippen molar-refractivity contribution in [3.63, 3.8) is 0 Å². The van der Waals surface area contributed by atoms with Crippen LogP contribution in [0.5, 0.6) is 5.75 Å². The zero-order valence-electron chi connectivity index (χ0n) is 19.7. The van der Waals surface area contributed by atoms with Gasteiger partial charge in [-0.3, -0.25) is 19.3 Å². The summed E-state index contributed by atoms with van der Waals surface area (Å²) in [5.74, 6) is -6.71. The van der Waals surface area contributed by atoms with Crippen LogP contribution in [0.25, 0.3) is 5.76 Å². The molecule has 1 aromatic rings. The molecule has 4 rings (SSSR count). The second-order valence-corrected chi connectivity index (χ2v) is 9.86. The predicted molar refractivity (Wildman–Crippen MR) is 123 cm³/mol. The van der Waals surface area contributed by atoms with Crippen LogP contribution in [0.3, 0.4) is 0 Å². The number of likely N-dealkylation sites (N-methyl/N-ethyl adjacent to an activating group) is 1. The Morgan fingerprint density at radius 2 is 1.71 bits per heavy atom. The van der Waals surface area contributed by atoms with Gasteiger partial charge in [0.2, 0.25) is 11.6 Å². The quantitative estimate of drug-likeness (QED) is 0.310. The van der Waals surface area contributed by atoms with Crippen LogP contribution in [-0.4, -0.2) is 82.1 Å². The lowest BCUT2D eigenvalue weighted by atomic mass is 9.53. The largest absolute Gasteiger partial charge is 0.509 e. The van der Waals surface area contributed by atoms with Gasteiger partial charge in [0.1, 0.15) is 22.8 Å². The van der Waals surface area contributed by atoms with Crippen molar-refractivity contribution < 1.29 is 34.8 Å². The Hall–Kier alpha value is -3.37. The number of aliphatic hydroxyl groups excluding tert-OH is 2. The Bertz CT molecular complexity index is 1220. The number of carbonyl (C=O) groups excluding carboxylic acids is 3. The minimum atomic E-state index is -2.73. The van der Waals surface area contributed by atoms with E-state index in [4.69, 9.17) is 5.73 Å². The molecule has 1 saturated carbocycles. The zero-order valence-corrected chi connectivity index (χ0v) is 19.7. The Balaban J connectivity index is 2.01. The van der Waals surface area contributed by atoms with Crippen LogP contribution < -0.4 is 10.6 Å². The number of nitrogens with two attached hydrogens (primary N) is 1. The first-order chi connectivity index (χ1) is 15.7. The van der Waals surface area contributed by atoms with Gasteiger partial charge in [-0.2, -0.15) is 0 Å². The Kier molecular flexibility index (Phi) is 5.11. The predicted octanol–water partition coefficient (Wildman–Crippen LogP) is 0.420. The molecule has 0 saturated heterocycles. The number of ketones is 2. The number of nitrogens with zero attached hydrogens (tertiary/aromatic N) is 2. The summed E-state index contributed by atoms with van der Waals surface area (Å²) in [6.45, 7) is 1.53. The van der Waals surface area contributed by atoms with Crippen LogP contribution in [0.15, 0.2) is 29.0 Å². The molecule has 4 atom stereocenters. The molecule has 10 heteroatoms. The minimum Gasteiger partial charge on any atom is -0.509 e. The van der Waals surface area contributed by atoms with Gasteiger partial charge in [-0.25, -0.2) is 0 Å². The van der Waals surface area contributed by atoms with Crippen LogP contribution in [0.4, 0.5) is 5.69 Å². The van der Waals surface area contributed by atoms with Gasteiger partial charge in [-0.15, -0.1) is 0 Å². The number of hydrogen-bond donors (Lipinski definition) is 5. The number of fused-ring (bicyclic) bond motifs is 3. The third-order valence-corrected chi connectivity index (χ3v) is 7.86. The first-order valence-corrected chi connectivity index (χ1v) is 10.9. The molecule has 0 spiro atoms. The number of amides is 1. The van der Waals surface area contributed by atoms with Gasteiger partial charge in [-0.05, 0) is 57.5 Å². The van der Waals surface area contributed by atoms with Crippen LogP contribution >= 0.6 is 0 Å². The topological polar surface area (TPSA) is 165 Å². The standard InChI is InChI=1S/C24H29N3O7/c1-23(27(4)5)14-9-10-8-11-12(26(2)3)6-7-13(28)16(11)18(29)15(10)20(31)24(14,34)21(32)17(19(23)30)22(25)33/h6-7,10,14,28-30,34H,8-9H2,1-5H3,(H2,25,33)/t10-,14-,23?,24-/m0/s1. The van der Waals surface area contributed by atoms with Gasteiger partial charge in [-0.1, -0.05) is 0 Å². The van der Waals surface area contributed by atoms with E-state index in [0.29, 0.717) is 5.56 Å². The monoisotopic (exact) mass is 471 g/mol. The first kappa shape index (κ1) is 23.8. The summed E-state index contributed by atoms with van der Waals surface area (Å²) in [6, 6.07) is 3.10. The van der Waals surface area contributed by atoms with Crippen molar-refractivity contribution in [1.82, 2.24) is 4.90 Å². The molecule has 3 aliphatic carbocycles. The summed E-state index contributed by atoms with van der Waals surface area (Å²) in [4.78, 5) is 42.6. The number of carbonyl (C=O) groups is 3. The van der Waals surface area contributed by atoms with Gasteiger partial charge in [0.05, 0.1) is 11.1 Å². The maximum Gasteiger partial charge on any atom is 0.255 e. The maximum absolute atomic E-state index is 13.8. The van der Waals surface area contributed by atoms with Crippen molar-refractivity contribution in [2.75, 3.05) is 33.1 Å². The molecule has 1 aromatic carbocycles. The van der Waals surface area contributed by atoms with E-state index >= 15 is 0 Å². The molecular formula is C24H29N3O7. The number of phenols is 1. The lowest BCUT2D eigenvalue weighted by molar-refractivity contribution is -0.168. The summed E-state index contributed by atoms with van der Waals surface area (Å²) < 4.78 is 0. The SMILES string of the molecule is CN(C)c1ccc(O)c2c1C[C@H]1C[C@H]3C(C)(N(C)C)C(O)=C(C(N)=O)C(=O)[C@@]3(O)C(=O)C1=C2O. The van der Waals surface area contributed by atoms with Crippen molar-refractivity contribution in [2.24, 2.45) is 17.6 Å². The number of primary amides is 1. The number of aliphatic hydroxyl groups is 3. The van der Waals surface area contributed by atoms with E-state index in [1.807, 2.05) is 19.0 Å². The van der Waals surface area contributed by atoms with E-state index in [1.165, 1.54) is 17.9 Å². The van der Waals surface area contributed by atoms with E-state index in [-0.39, 0.29) is 29.7 Å². The second-order valence-electron chi connectivity index (χ2n) is 9.86. The number of phenolic OH excluding ortho intramolecular Hbond substituents is 1. The maximum atomic E-state index is 13.8. The van der Waals surface area contributed by atoms with E-state index in [2.05, 4.69) is 0 Å². The average Bonchev–Trinajstić information content (AvgIpc) is 2.73. The molecule has 1 unspecified atom stereocenters. The molecule has 10 nitrogen and oxygen atoms in total. The van der Waals surface area contributed by atoms with Gasteiger partial charge < -0.3 is 31.1 Å². The van der Waals surface area contributed by atoms with E-state index in [9.17, 15) is 34.8 Å². The highest BCUT2D eigenvalue weighted by Crippen LogP contribution is 2.55. The van der Waals surface area contributed by atoms with Gasteiger partial charge in [0.25, 0.3) is 5.91 Å². The molecule has 6 N–H and O–H groups in total. The number of aromatic hydroxyl groups is 1. The van der Waals surface area contributed by atoms with Crippen LogP contribution in [-0.2, 0) is 20.8 Å². The van der Waals surface area contributed by atoms with Crippen molar-refractivity contribution >= 4 is 28.9 Å². The second kappa shape index (κ2) is 7.31. The third-order valence-electron chi connectivity index (χ3n) is 7.86. The smallest absolute Gasteiger partial charge is 0.255 e. The summed E-state index contributed by atoms with van der Waals surface area (Å²) in [6.07, 6.45) is 0.292. The van der Waals surface area contributed by atoms with Crippen molar-refractivity contribution in [3.05, 3.63) is 40.2 Å². The summed E-state index contributed by atoms with van der Waals surface area (Å²) in [5.41, 5.74) is 1.56. The Morgan fingerprint density at radius 1 is 1.09 bits per heavy atom. The molecule has 0 aliphatic heterocycles. The number of Topliss-reactive ketones (excluding diaryl/α,β-unsaturated/α-hetero) is 2. The molecule has 0 aromatic heterocycles. The fourth-order valence-corrected chi connectivity index (χ4v) is 5.87. The number of hydrogen-bond acceptors (Lipinski definition) is 9. The molecular weight excluding hydrogens is 442 g/mol. The van der Waals surface area contributed by atoms with Crippen LogP contribution in [0, 0.1) is 11.8 Å². The van der Waals surface area contributed by atoms with Crippen LogP contribution in [0.1, 0.15) is 24.5 Å². The Morgan fingerprint density at radius 3 is 2.24 bits per heavy atom. The molecule has 1 amide bonds. The van der Waals surface area contributed by atoms with Gasteiger partial charge >= 0.3 is 0 Å². The lowest BCUT2D eigenvalue weighted by Gasteiger charge is -2.55. The van der Waals surface area contributed by atoms with Crippen molar-refractivity contribution in [2.45, 2.75) is 30.9 Å². The highest BCUT2D eigenvalue weighted by atomic mass is 16.3. The minimum absolute atomic E-state index is 0.0418. The molecule has 0 heterocycles. The van der Waals surface area contributed by atoms with E-state index < -0.39 is 57.5 Å². The van der Waals surface area contributed by atoms with Crippen molar-refractivity contribution in [1.29, 1.82) is 0 Å². The summed E-state index contributed by atoms with van der Waals surface area (Å²) >= 11 is 0. The fourth-order valence-electron chi connectivity index (χ4n) is 5.87. The number of anilines is 1. The Labute approximate surface area is 196 Å². The van der Waals surface area contributed by atoms with Crippen LogP contribution in [0.2, 0.25) is 0 Å². The molecule has 1 fully saturated rings. The molecule has 3 aliphatic rings. The van der Waals surface area contributed by atoms with E-state index in [0.717, 1.165) is 5.69 Å². The third kappa shape index (κ3) is 2.72. The summed E-state index contributed by atoms with van der Waals surface area (Å²) in [5, 5.41) is 44.3. The van der Waals surface area contributed by atoms with Gasteiger partial charge in [0, 0.05) is 31.3 Å². The summed E-state index contributed by atoms with van der Waals surface area (Å²) in [7, 11) is 6.81. The highest BCUT2D eigenvalue weighted by molar-refractivity contribution is 6.33. The molecule has 182 valence electrons. The number of benzene rings is 1. The molecule has 0 radical (unpaired) electrons. The first-order valence-electron chi connectivity index (χ1n) is 10.9. The average molecular weight is 472 g/mol. The molecule has 0 bridgehead atoms. The highest BCUT2D eigenvalue weighted by Gasteiger charge is 2.68. The van der Waals surface area contributed by atoms with E-state index in [1.54, 1.807) is 20.2 Å². The molecule has 34 heavy (non-hydrogen) atoms. The van der Waals surface area contributed by atoms with Crippen molar-refractivity contribution in [3.8, 4) is 5.75 Å².